The van der Waals surface area contributed by atoms with Crippen molar-refractivity contribution >= 4 is 56.9 Å². The number of halogens is 1. The first-order chi connectivity index (χ1) is 18.0. The first-order valence-electron chi connectivity index (χ1n) is 12.2. The van der Waals surface area contributed by atoms with Gasteiger partial charge in [0.2, 0.25) is 0 Å². The van der Waals surface area contributed by atoms with E-state index < -0.39 is 12.1 Å². The average Bonchev–Trinajstić information content (AvgIpc) is 2.98. The Balaban J connectivity index is 1.78. The molecule has 1 atom stereocenters. The third-order valence-electron chi connectivity index (χ3n) is 6.75. The lowest BCUT2D eigenvalue weighted by Gasteiger charge is -2.37. The highest BCUT2D eigenvalue weighted by atomic mass is 32.4. The van der Waals surface area contributed by atoms with E-state index in [0.29, 0.717) is 6.16 Å². The van der Waals surface area contributed by atoms with Gasteiger partial charge >= 0.3 is 0 Å². The van der Waals surface area contributed by atoms with Gasteiger partial charge in [0.15, 0.2) is 0 Å². The quantitative estimate of drug-likeness (QED) is 0.187. The second-order valence-corrected chi connectivity index (χ2v) is 18.4. The summed E-state index contributed by atoms with van der Waals surface area (Å²) in [6.07, 6.45) is 0.711. The smallest absolute Gasteiger partial charge is 0.123 e. The summed E-state index contributed by atoms with van der Waals surface area (Å²) in [6.45, 7) is 0. The van der Waals surface area contributed by atoms with E-state index in [0.717, 1.165) is 16.2 Å². The Kier molecular flexibility index (Phi) is 7.98. The molecule has 5 heteroatoms. The van der Waals surface area contributed by atoms with Crippen molar-refractivity contribution < 1.29 is 4.39 Å². The fraction of sp³-hybridized carbons (Fsp3) is 0.0625. The molecule has 37 heavy (non-hydrogen) atoms. The van der Waals surface area contributed by atoms with Gasteiger partial charge in [0, 0.05) is 17.7 Å². The summed E-state index contributed by atoms with van der Waals surface area (Å²) in [4.78, 5) is 0. The summed E-state index contributed by atoms with van der Waals surface area (Å²) in [6, 6.07) is 44.0. The van der Waals surface area contributed by atoms with Gasteiger partial charge in [0.1, 0.15) is 5.82 Å². The van der Waals surface area contributed by atoms with Crippen LogP contribution in [-0.2, 0) is 23.6 Å². The molecule has 1 unspecified atom stereocenters. The molecular formula is C32H27FP2S2. The van der Waals surface area contributed by atoms with Crippen LogP contribution in [0, 0.1) is 5.82 Å². The molecule has 5 aromatic carbocycles. The van der Waals surface area contributed by atoms with Crippen molar-refractivity contribution in [2.75, 3.05) is 6.16 Å². The van der Waals surface area contributed by atoms with Crippen molar-refractivity contribution in [3.63, 3.8) is 0 Å². The zero-order valence-electron chi connectivity index (χ0n) is 20.2. The number of benzene rings is 5. The highest BCUT2D eigenvalue weighted by Gasteiger charge is 2.38. The van der Waals surface area contributed by atoms with Crippen LogP contribution in [0.25, 0.3) is 0 Å². The van der Waals surface area contributed by atoms with E-state index in [1.807, 2.05) is 36.4 Å². The molecular weight excluding hydrogens is 529 g/mol. The van der Waals surface area contributed by atoms with Gasteiger partial charge in [-0.25, -0.2) is 4.39 Å². The standard InChI is InChI=1S/C32H27FP2S2/c33-27-23-21-26(22-24-27)32(35(37,30-17-9-3-10-18-30)31-19-11-4-12-20-31)25-34(36,28-13-5-1-6-14-28)29-15-7-2-8-16-29/h1-24,32H,25H2. The third-order valence-corrected chi connectivity index (χ3v) is 17.4. The second kappa shape index (κ2) is 11.4. The molecule has 5 rings (SSSR count). The first-order valence-corrected chi connectivity index (χ1v) is 18.0. The van der Waals surface area contributed by atoms with E-state index in [4.69, 9.17) is 23.6 Å². The molecule has 5 aromatic rings. The lowest BCUT2D eigenvalue weighted by Crippen LogP contribution is -2.27. The van der Waals surface area contributed by atoms with Gasteiger partial charge < -0.3 is 0 Å². The minimum absolute atomic E-state index is 0.0702. The number of hydrogen-bond donors (Lipinski definition) is 0. The zero-order chi connectivity index (χ0) is 25.7. The van der Waals surface area contributed by atoms with Gasteiger partial charge in [-0.15, -0.1) is 0 Å². The molecule has 0 aliphatic carbocycles. The third kappa shape index (κ3) is 5.33. The lowest BCUT2D eigenvalue weighted by atomic mass is 10.2. The van der Waals surface area contributed by atoms with Crippen LogP contribution >= 0.6 is 12.1 Å². The van der Waals surface area contributed by atoms with Crippen LogP contribution in [0.4, 0.5) is 4.39 Å². The Hall–Kier alpha value is -2.67. The van der Waals surface area contributed by atoms with Gasteiger partial charge in [-0.2, -0.15) is 0 Å². The Labute approximate surface area is 229 Å². The summed E-state index contributed by atoms with van der Waals surface area (Å²) in [7, 11) is 0. The minimum Gasteiger partial charge on any atom is -0.207 e. The van der Waals surface area contributed by atoms with E-state index in [1.165, 1.54) is 10.6 Å². The summed E-state index contributed by atoms with van der Waals surface area (Å²) in [5.74, 6) is -0.249. The molecule has 0 heterocycles. The maximum Gasteiger partial charge on any atom is 0.123 e. The van der Waals surface area contributed by atoms with E-state index in [-0.39, 0.29) is 11.5 Å². The molecule has 0 amide bonds. The van der Waals surface area contributed by atoms with Gasteiger partial charge in [-0.3, -0.25) is 0 Å². The molecule has 0 radical (unpaired) electrons. The van der Waals surface area contributed by atoms with Crippen LogP contribution in [0.3, 0.4) is 0 Å². The maximum atomic E-state index is 14.1. The molecule has 0 aromatic heterocycles. The highest BCUT2D eigenvalue weighted by Crippen LogP contribution is 2.63. The molecule has 184 valence electrons. The largest absolute Gasteiger partial charge is 0.207 e. The topological polar surface area (TPSA) is 0 Å². The van der Waals surface area contributed by atoms with Gasteiger partial charge in [0.05, 0.1) is 0 Å². The first kappa shape index (κ1) is 26.0. The Morgan fingerprint density at radius 2 is 0.838 bits per heavy atom. The summed E-state index contributed by atoms with van der Waals surface area (Å²) in [5.41, 5.74) is 0.970. The monoisotopic (exact) mass is 556 g/mol. The summed E-state index contributed by atoms with van der Waals surface area (Å²) in [5, 5.41) is 4.64. The van der Waals surface area contributed by atoms with Crippen LogP contribution in [0.1, 0.15) is 11.2 Å². The van der Waals surface area contributed by atoms with Gasteiger partial charge in [-0.05, 0) is 45.1 Å². The van der Waals surface area contributed by atoms with Gasteiger partial charge in [-0.1, -0.05) is 157 Å². The van der Waals surface area contributed by atoms with Crippen molar-refractivity contribution in [3.8, 4) is 0 Å². The summed E-state index contributed by atoms with van der Waals surface area (Å²) < 4.78 is 14.1. The molecule has 0 nitrogen and oxygen atoms in total. The molecule has 0 bridgehead atoms. The van der Waals surface area contributed by atoms with Crippen LogP contribution in [0.5, 0.6) is 0 Å². The fourth-order valence-corrected chi connectivity index (χ4v) is 15.3. The zero-order valence-corrected chi connectivity index (χ0v) is 23.7. The SMILES string of the molecule is Fc1ccc(C(CP(=S)(c2ccccc2)c2ccccc2)P(=S)(c2ccccc2)c2ccccc2)cc1. The van der Waals surface area contributed by atoms with Crippen molar-refractivity contribution in [2.45, 2.75) is 5.66 Å². The van der Waals surface area contributed by atoms with Crippen LogP contribution < -0.4 is 21.2 Å². The maximum absolute atomic E-state index is 14.1. The van der Waals surface area contributed by atoms with Gasteiger partial charge in [0.25, 0.3) is 0 Å². The molecule has 0 fully saturated rings. The number of rotatable bonds is 8. The minimum atomic E-state index is -2.44. The molecule has 0 saturated carbocycles. The van der Waals surface area contributed by atoms with Crippen molar-refractivity contribution in [3.05, 3.63) is 157 Å². The average molecular weight is 557 g/mol. The van der Waals surface area contributed by atoms with E-state index in [2.05, 4.69) is 97.1 Å². The van der Waals surface area contributed by atoms with Crippen molar-refractivity contribution in [1.29, 1.82) is 0 Å². The molecule has 0 aliphatic rings. The molecule has 0 aliphatic heterocycles. The second-order valence-electron chi connectivity index (χ2n) is 8.99. The summed E-state index contributed by atoms with van der Waals surface area (Å²) >= 11 is 13.5. The van der Waals surface area contributed by atoms with Crippen LogP contribution in [0.15, 0.2) is 146 Å². The van der Waals surface area contributed by atoms with Crippen LogP contribution in [0.2, 0.25) is 0 Å². The number of hydrogen-bond acceptors (Lipinski definition) is 2. The Morgan fingerprint density at radius 1 is 0.486 bits per heavy atom. The van der Waals surface area contributed by atoms with Crippen molar-refractivity contribution in [1.82, 2.24) is 0 Å². The molecule has 0 spiro atoms. The molecule has 0 saturated heterocycles. The predicted octanol–water partition coefficient (Wildman–Crippen LogP) is 7.13. The fourth-order valence-electron chi connectivity index (χ4n) is 4.86. The predicted molar refractivity (Wildman–Crippen MR) is 167 cm³/mol. The van der Waals surface area contributed by atoms with Crippen molar-refractivity contribution in [2.24, 2.45) is 0 Å². The lowest BCUT2D eigenvalue weighted by molar-refractivity contribution is 0.627. The van der Waals surface area contributed by atoms with E-state index >= 15 is 0 Å². The Morgan fingerprint density at radius 3 is 1.22 bits per heavy atom. The molecule has 0 N–H and O–H groups in total. The normalized spacial score (nSPS) is 12.7. The highest BCUT2D eigenvalue weighted by molar-refractivity contribution is 8.24. The van der Waals surface area contributed by atoms with E-state index in [9.17, 15) is 4.39 Å². The van der Waals surface area contributed by atoms with Crippen LogP contribution in [-0.4, -0.2) is 6.16 Å². The Bertz CT molecular complexity index is 1450. The van der Waals surface area contributed by atoms with E-state index in [1.54, 1.807) is 12.1 Å².